The minimum absolute atomic E-state index is 0.0530. The van der Waals surface area contributed by atoms with Crippen LogP contribution in [-0.4, -0.2) is 52.4 Å². The molecule has 5 aromatic rings. The Morgan fingerprint density at radius 2 is 1.82 bits per heavy atom. The summed E-state index contributed by atoms with van der Waals surface area (Å²) in [4.78, 5) is 35.3. The summed E-state index contributed by atoms with van der Waals surface area (Å²) in [5.74, 6) is 1.85. The van der Waals surface area contributed by atoms with E-state index in [0.29, 0.717) is 52.7 Å². The van der Waals surface area contributed by atoms with Crippen molar-refractivity contribution in [3.8, 4) is 11.6 Å². The average molecular weight is 625 g/mol. The first-order valence-corrected chi connectivity index (χ1v) is 15.0. The number of rotatable bonds is 8. The lowest BCUT2D eigenvalue weighted by Gasteiger charge is -2.34. The molecule has 1 aromatic carbocycles. The first kappa shape index (κ1) is 29.0. The van der Waals surface area contributed by atoms with Gasteiger partial charge in [-0.2, -0.15) is 23.1 Å². The SMILES string of the molecule is Cc1noc(C2CCCCN2c2nc3nc(-c4noc(=O)[nH]4)nc(N[C@H](C)C4CCC4)c3n2Cc2ccc(C(F)(F)F)cc2)n1. The molecule has 1 unspecified atom stereocenters. The summed E-state index contributed by atoms with van der Waals surface area (Å²) < 4.78 is 52.3. The van der Waals surface area contributed by atoms with E-state index in [1.165, 1.54) is 12.1 Å². The van der Waals surface area contributed by atoms with Crippen molar-refractivity contribution in [1.82, 2.24) is 39.8 Å². The lowest BCUT2D eigenvalue weighted by Crippen LogP contribution is -2.35. The second-order valence-corrected chi connectivity index (χ2v) is 11.7. The predicted octanol–water partition coefficient (Wildman–Crippen LogP) is 5.26. The zero-order chi connectivity index (χ0) is 31.3. The van der Waals surface area contributed by atoms with Crippen LogP contribution in [0.25, 0.3) is 22.8 Å². The fourth-order valence-corrected chi connectivity index (χ4v) is 6.06. The van der Waals surface area contributed by atoms with Gasteiger partial charge in [0.1, 0.15) is 11.6 Å². The third-order valence-electron chi connectivity index (χ3n) is 8.67. The second-order valence-electron chi connectivity index (χ2n) is 11.7. The van der Waals surface area contributed by atoms with Gasteiger partial charge in [0.25, 0.3) is 0 Å². The molecule has 1 aliphatic heterocycles. The van der Waals surface area contributed by atoms with Gasteiger partial charge < -0.3 is 19.3 Å². The molecule has 2 N–H and O–H groups in total. The van der Waals surface area contributed by atoms with Gasteiger partial charge in [-0.1, -0.05) is 28.9 Å². The number of H-pyrrole nitrogens is 1. The van der Waals surface area contributed by atoms with Crippen LogP contribution in [0.5, 0.6) is 0 Å². The molecule has 7 rings (SSSR count). The molecular weight excluding hydrogens is 593 g/mol. The number of aryl methyl sites for hydroxylation is 1. The number of anilines is 2. The van der Waals surface area contributed by atoms with Crippen LogP contribution < -0.4 is 16.0 Å². The lowest BCUT2D eigenvalue weighted by atomic mass is 9.80. The minimum atomic E-state index is -4.45. The molecule has 1 saturated carbocycles. The monoisotopic (exact) mass is 624 g/mol. The molecule has 236 valence electrons. The van der Waals surface area contributed by atoms with Gasteiger partial charge in [0.15, 0.2) is 17.3 Å². The Bertz CT molecular complexity index is 1870. The van der Waals surface area contributed by atoms with Crippen molar-refractivity contribution in [2.75, 3.05) is 16.8 Å². The molecule has 13 nitrogen and oxygen atoms in total. The van der Waals surface area contributed by atoms with Gasteiger partial charge in [0, 0.05) is 12.6 Å². The number of nitrogens with zero attached hydrogens (tertiary/aromatic N) is 8. The number of nitrogens with one attached hydrogen (secondary N) is 2. The highest BCUT2D eigenvalue weighted by Crippen LogP contribution is 2.39. The van der Waals surface area contributed by atoms with Crippen molar-refractivity contribution in [3.05, 3.63) is 57.7 Å². The highest BCUT2D eigenvalue weighted by molar-refractivity contribution is 5.87. The third-order valence-corrected chi connectivity index (χ3v) is 8.67. The summed E-state index contributed by atoms with van der Waals surface area (Å²) in [6.45, 7) is 4.66. The van der Waals surface area contributed by atoms with E-state index < -0.39 is 17.5 Å². The van der Waals surface area contributed by atoms with Gasteiger partial charge in [-0.3, -0.25) is 9.51 Å². The van der Waals surface area contributed by atoms with Crippen molar-refractivity contribution in [2.45, 2.75) is 77.2 Å². The number of aromatic amines is 1. The quantitative estimate of drug-likeness (QED) is 0.232. The summed E-state index contributed by atoms with van der Waals surface area (Å²) >= 11 is 0. The summed E-state index contributed by atoms with van der Waals surface area (Å²) in [5.41, 5.74) is 0.793. The predicted molar refractivity (Wildman–Crippen MR) is 155 cm³/mol. The van der Waals surface area contributed by atoms with E-state index in [9.17, 15) is 18.0 Å². The topological polar surface area (TPSA) is 157 Å². The molecule has 1 aliphatic carbocycles. The molecule has 0 bridgehead atoms. The van der Waals surface area contributed by atoms with Crippen molar-refractivity contribution < 1.29 is 22.2 Å². The fraction of sp³-hybridized carbons (Fsp3) is 0.483. The summed E-state index contributed by atoms with van der Waals surface area (Å²) in [5, 5.41) is 11.3. The van der Waals surface area contributed by atoms with E-state index in [1.54, 1.807) is 6.92 Å². The molecule has 0 amide bonds. The number of fused-ring (bicyclic) bond motifs is 1. The van der Waals surface area contributed by atoms with Gasteiger partial charge in [0.05, 0.1) is 12.1 Å². The highest BCUT2D eigenvalue weighted by Gasteiger charge is 2.35. The maximum absolute atomic E-state index is 13.4. The van der Waals surface area contributed by atoms with Crippen molar-refractivity contribution in [2.24, 2.45) is 5.92 Å². The molecule has 0 radical (unpaired) electrons. The molecule has 2 fully saturated rings. The maximum atomic E-state index is 13.4. The Morgan fingerprint density at radius 1 is 1.02 bits per heavy atom. The van der Waals surface area contributed by atoms with Crippen LogP contribution in [0.3, 0.4) is 0 Å². The van der Waals surface area contributed by atoms with Gasteiger partial charge in [0.2, 0.25) is 23.5 Å². The number of aromatic nitrogens is 8. The van der Waals surface area contributed by atoms with Crippen molar-refractivity contribution >= 4 is 22.9 Å². The first-order valence-electron chi connectivity index (χ1n) is 15.0. The number of halogens is 3. The molecule has 1 saturated heterocycles. The number of piperidine rings is 1. The van der Waals surface area contributed by atoms with Crippen LogP contribution >= 0.6 is 0 Å². The number of hydrogen-bond donors (Lipinski definition) is 2. The van der Waals surface area contributed by atoms with Crippen LogP contribution in [0.15, 0.2) is 38.1 Å². The Balaban J connectivity index is 1.40. The van der Waals surface area contributed by atoms with Gasteiger partial charge in [-0.15, -0.1) is 0 Å². The fourth-order valence-electron chi connectivity index (χ4n) is 6.06. The summed E-state index contributed by atoms with van der Waals surface area (Å²) in [7, 11) is 0. The molecule has 0 spiro atoms. The number of hydrogen-bond acceptors (Lipinski definition) is 11. The smallest absolute Gasteiger partial charge is 0.365 e. The Morgan fingerprint density at radius 3 is 2.47 bits per heavy atom. The van der Waals surface area contributed by atoms with E-state index in [2.05, 4.69) is 42.4 Å². The normalized spacial score (nSPS) is 18.3. The van der Waals surface area contributed by atoms with Crippen molar-refractivity contribution in [1.29, 1.82) is 0 Å². The number of benzene rings is 1. The number of imidazole rings is 1. The van der Waals surface area contributed by atoms with Gasteiger partial charge in [-0.25, -0.2) is 14.8 Å². The Hall–Kier alpha value is -4.76. The van der Waals surface area contributed by atoms with Crippen molar-refractivity contribution in [3.63, 3.8) is 0 Å². The van der Waals surface area contributed by atoms with E-state index in [1.807, 2.05) is 4.57 Å². The minimum Gasteiger partial charge on any atom is -0.365 e. The second kappa shape index (κ2) is 11.3. The molecule has 16 heteroatoms. The van der Waals surface area contributed by atoms with Crippen LogP contribution in [0.1, 0.15) is 74.3 Å². The van der Waals surface area contributed by atoms with E-state index in [4.69, 9.17) is 19.0 Å². The van der Waals surface area contributed by atoms with Crippen LogP contribution in [-0.2, 0) is 12.7 Å². The molecule has 4 aromatic heterocycles. The number of alkyl halides is 3. The van der Waals surface area contributed by atoms with Crippen LogP contribution in [0.4, 0.5) is 24.9 Å². The van der Waals surface area contributed by atoms with Crippen LogP contribution in [0, 0.1) is 12.8 Å². The molecule has 2 atom stereocenters. The molecule has 2 aliphatic rings. The van der Waals surface area contributed by atoms with E-state index in [-0.39, 0.29) is 30.3 Å². The zero-order valence-electron chi connectivity index (χ0n) is 24.6. The Kier molecular flexibility index (Phi) is 7.28. The van der Waals surface area contributed by atoms with Gasteiger partial charge in [-0.05, 0) is 69.6 Å². The van der Waals surface area contributed by atoms with Gasteiger partial charge >= 0.3 is 11.9 Å². The zero-order valence-corrected chi connectivity index (χ0v) is 24.6. The molecule has 45 heavy (non-hydrogen) atoms. The standard InChI is InChI=1S/C29H31F3N10O3/c1-15(18-6-5-7-18)33-22-21-23(36-24(35-22)25-38-28(43)45-40-25)37-27(41-13-4-3-8-20(41)26-34-16(2)39-44-26)42(21)14-17-9-11-19(12-10-17)29(30,31)32/h9-12,15,18,20H,3-8,13-14H2,1-2H3,(H,33,35,36)(H,38,40,43)/t15-,20?/m1/s1. The van der Waals surface area contributed by atoms with E-state index >= 15 is 0 Å². The van der Waals surface area contributed by atoms with E-state index in [0.717, 1.165) is 50.7 Å². The third kappa shape index (κ3) is 5.64. The Labute approximate surface area is 254 Å². The average Bonchev–Trinajstić information content (AvgIpc) is 3.70. The summed E-state index contributed by atoms with van der Waals surface area (Å²) in [6, 6.07) is 4.87. The lowest BCUT2D eigenvalue weighted by molar-refractivity contribution is -0.137. The van der Waals surface area contributed by atoms with Crippen LogP contribution in [0.2, 0.25) is 0 Å². The maximum Gasteiger partial charge on any atom is 0.439 e. The molecular formula is C29H31F3N10O3. The largest absolute Gasteiger partial charge is 0.439 e. The first-order chi connectivity index (χ1) is 21.6. The summed E-state index contributed by atoms with van der Waals surface area (Å²) in [6.07, 6.45) is 1.44. The molecule has 5 heterocycles. The highest BCUT2D eigenvalue weighted by atomic mass is 19.4.